The Hall–Kier alpha value is -2.37. The van der Waals surface area contributed by atoms with Gasteiger partial charge in [-0.05, 0) is 37.1 Å². The van der Waals surface area contributed by atoms with Crippen molar-refractivity contribution in [1.82, 2.24) is 10.2 Å². The standard InChI is InChI=1S/C22H28ClN3O2/c1-16(2)13-20(17-9-5-4-6-10-17)25-22(28)15-26(3)14-21(27)24-19-12-8-7-11-18(19)23/h4-12,16,20H,13-15H2,1-3H3,(H,24,27)(H,25,28)/t20-/m1/s1. The summed E-state index contributed by atoms with van der Waals surface area (Å²) in [6, 6.07) is 17.0. The lowest BCUT2D eigenvalue weighted by Crippen LogP contribution is -2.40. The number of para-hydroxylation sites is 1. The number of carbonyl (C=O) groups excluding carboxylic acids is 2. The van der Waals surface area contributed by atoms with Gasteiger partial charge in [0.05, 0.1) is 29.8 Å². The van der Waals surface area contributed by atoms with Gasteiger partial charge < -0.3 is 10.6 Å². The molecule has 0 aromatic heterocycles. The highest BCUT2D eigenvalue weighted by atomic mass is 35.5. The third kappa shape index (κ3) is 7.33. The first-order valence-electron chi connectivity index (χ1n) is 9.42. The highest BCUT2D eigenvalue weighted by Gasteiger charge is 2.18. The molecule has 6 heteroatoms. The number of likely N-dealkylation sites (N-methyl/N-ethyl adjacent to an activating group) is 1. The molecule has 0 heterocycles. The van der Waals surface area contributed by atoms with E-state index in [1.807, 2.05) is 30.3 Å². The van der Waals surface area contributed by atoms with Gasteiger partial charge in [-0.15, -0.1) is 0 Å². The lowest BCUT2D eigenvalue weighted by molar-refractivity contribution is -0.123. The Morgan fingerprint density at radius 3 is 2.21 bits per heavy atom. The van der Waals surface area contributed by atoms with E-state index in [0.717, 1.165) is 12.0 Å². The highest BCUT2D eigenvalue weighted by molar-refractivity contribution is 6.33. The first kappa shape index (κ1) is 21.9. The quantitative estimate of drug-likeness (QED) is 0.664. The Bertz CT molecular complexity index is 780. The minimum absolute atomic E-state index is 0.0425. The first-order chi connectivity index (χ1) is 13.3. The van der Waals surface area contributed by atoms with Crippen LogP contribution in [0.5, 0.6) is 0 Å². The fourth-order valence-electron chi connectivity index (χ4n) is 2.97. The summed E-state index contributed by atoms with van der Waals surface area (Å²) in [5.41, 5.74) is 1.65. The minimum atomic E-state index is -0.217. The fourth-order valence-corrected chi connectivity index (χ4v) is 3.16. The van der Waals surface area contributed by atoms with Crippen LogP contribution in [0.4, 0.5) is 5.69 Å². The van der Waals surface area contributed by atoms with Crippen LogP contribution in [0, 0.1) is 5.92 Å². The Morgan fingerprint density at radius 1 is 0.964 bits per heavy atom. The third-order valence-corrected chi connectivity index (χ3v) is 4.55. The van der Waals surface area contributed by atoms with E-state index in [1.54, 1.807) is 36.2 Å². The number of halogens is 1. The summed E-state index contributed by atoms with van der Waals surface area (Å²) in [5.74, 6) is 0.123. The van der Waals surface area contributed by atoms with E-state index < -0.39 is 0 Å². The van der Waals surface area contributed by atoms with Crippen molar-refractivity contribution in [2.45, 2.75) is 26.3 Å². The van der Waals surface area contributed by atoms with Crippen LogP contribution in [0.1, 0.15) is 31.9 Å². The third-order valence-electron chi connectivity index (χ3n) is 4.22. The average molecular weight is 402 g/mol. The van der Waals surface area contributed by atoms with Gasteiger partial charge >= 0.3 is 0 Å². The number of nitrogens with one attached hydrogen (secondary N) is 2. The van der Waals surface area contributed by atoms with Gasteiger partial charge in [0.1, 0.15) is 0 Å². The van der Waals surface area contributed by atoms with Crippen molar-refractivity contribution in [3.8, 4) is 0 Å². The van der Waals surface area contributed by atoms with E-state index in [2.05, 4.69) is 24.5 Å². The van der Waals surface area contributed by atoms with Crippen molar-refractivity contribution in [3.63, 3.8) is 0 Å². The zero-order valence-electron chi connectivity index (χ0n) is 16.6. The van der Waals surface area contributed by atoms with Gasteiger partial charge in [-0.2, -0.15) is 0 Å². The molecule has 0 saturated carbocycles. The maximum atomic E-state index is 12.5. The summed E-state index contributed by atoms with van der Waals surface area (Å²) in [7, 11) is 1.74. The molecule has 2 amide bonds. The number of carbonyl (C=O) groups is 2. The summed E-state index contributed by atoms with van der Waals surface area (Å²) in [6.45, 7) is 4.50. The molecule has 0 fully saturated rings. The highest BCUT2D eigenvalue weighted by Crippen LogP contribution is 2.21. The van der Waals surface area contributed by atoms with Crippen molar-refractivity contribution >= 4 is 29.1 Å². The summed E-state index contributed by atoms with van der Waals surface area (Å²) in [5, 5.41) is 6.34. The summed E-state index contributed by atoms with van der Waals surface area (Å²) >= 11 is 6.05. The van der Waals surface area contributed by atoms with E-state index in [0.29, 0.717) is 16.6 Å². The molecule has 0 aliphatic heterocycles. The molecule has 2 aromatic carbocycles. The second-order valence-electron chi connectivity index (χ2n) is 7.36. The molecule has 0 saturated heterocycles. The van der Waals surface area contributed by atoms with Crippen molar-refractivity contribution in [1.29, 1.82) is 0 Å². The van der Waals surface area contributed by atoms with Crippen molar-refractivity contribution < 1.29 is 9.59 Å². The zero-order chi connectivity index (χ0) is 20.5. The molecule has 0 radical (unpaired) electrons. The molecule has 2 rings (SSSR count). The first-order valence-corrected chi connectivity index (χ1v) is 9.80. The van der Waals surface area contributed by atoms with Crippen molar-refractivity contribution in [2.24, 2.45) is 5.92 Å². The number of hydrogen-bond acceptors (Lipinski definition) is 3. The van der Waals surface area contributed by atoms with Crippen LogP contribution in [0.25, 0.3) is 0 Å². The maximum absolute atomic E-state index is 12.5. The molecule has 150 valence electrons. The summed E-state index contributed by atoms with van der Waals surface area (Å²) < 4.78 is 0. The van der Waals surface area contributed by atoms with E-state index in [9.17, 15) is 9.59 Å². The number of rotatable bonds is 9. The van der Waals surface area contributed by atoms with Crippen molar-refractivity contribution in [3.05, 3.63) is 65.2 Å². The second-order valence-corrected chi connectivity index (χ2v) is 7.77. The molecule has 1 atom stereocenters. The van der Waals surface area contributed by atoms with E-state index in [-0.39, 0.29) is 30.9 Å². The van der Waals surface area contributed by atoms with Crippen LogP contribution in [0.3, 0.4) is 0 Å². The molecule has 0 bridgehead atoms. The molecule has 0 aliphatic rings. The number of anilines is 1. The Morgan fingerprint density at radius 2 is 1.57 bits per heavy atom. The molecule has 0 unspecified atom stereocenters. The Labute approximate surface area is 172 Å². The molecular weight excluding hydrogens is 374 g/mol. The lowest BCUT2D eigenvalue weighted by atomic mass is 9.97. The number of benzene rings is 2. The number of hydrogen-bond donors (Lipinski definition) is 2. The van der Waals surface area contributed by atoms with Gasteiger partial charge in [0.15, 0.2) is 0 Å². The SMILES string of the molecule is CC(C)C[C@@H](NC(=O)CN(C)CC(=O)Nc1ccccc1Cl)c1ccccc1. The maximum Gasteiger partial charge on any atom is 0.238 e. The van der Waals surface area contributed by atoms with Crippen LogP contribution in [-0.4, -0.2) is 36.9 Å². The van der Waals surface area contributed by atoms with Crippen LogP contribution in [-0.2, 0) is 9.59 Å². The Balaban J connectivity index is 1.88. The zero-order valence-corrected chi connectivity index (χ0v) is 17.4. The molecule has 0 spiro atoms. The Kier molecular flexibility index (Phi) is 8.48. The van der Waals surface area contributed by atoms with Gasteiger partial charge in [0, 0.05) is 0 Å². The normalized spacial score (nSPS) is 12.1. The predicted octanol–water partition coefficient (Wildman–Crippen LogP) is 4.11. The summed E-state index contributed by atoms with van der Waals surface area (Å²) in [4.78, 5) is 26.4. The molecule has 28 heavy (non-hydrogen) atoms. The topological polar surface area (TPSA) is 61.4 Å². The van der Waals surface area contributed by atoms with Crippen LogP contribution < -0.4 is 10.6 Å². The van der Waals surface area contributed by atoms with Gasteiger partial charge in [-0.3, -0.25) is 14.5 Å². The van der Waals surface area contributed by atoms with E-state index >= 15 is 0 Å². The summed E-state index contributed by atoms with van der Waals surface area (Å²) in [6.07, 6.45) is 0.854. The number of nitrogens with zero attached hydrogens (tertiary/aromatic N) is 1. The van der Waals surface area contributed by atoms with Crippen LogP contribution in [0.2, 0.25) is 5.02 Å². The van der Waals surface area contributed by atoms with E-state index in [1.165, 1.54) is 0 Å². The van der Waals surface area contributed by atoms with Crippen LogP contribution >= 0.6 is 11.6 Å². The minimum Gasteiger partial charge on any atom is -0.348 e. The molecular formula is C22H28ClN3O2. The van der Waals surface area contributed by atoms with Gasteiger partial charge in [-0.25, -0.2) is 0 Å². The smallest absolute Gasteiger partial charge is 0.238 e. The predicted molar refractivity (Wildman–Crippen MR) is 114 cm³/mol. The van der Waals surface area contributed by atoms with Gasteiger partial charge in [-0.1, -0.05) is 67.9 Å². The molecule has 2 N–H and O–H groups in total. The average Bonchev–Trinajstić information content (AvgIpc) is 2.63. The number of amides is 2. The van der Waals surface area contributed by atoms with Crippen LogP contribution in [0.15, 0.2) is 54.6 Å². The molecule has 0 aliphatic carbocycles. The van der Waals surface area contributed by atoms with Gasteiger partial charge in [0.2, 0.25) is 11.8 Å². The van der Waals surface area contributed by atoms with Gasteiger partial charge in [0.25, 0.3) is 0 Å². The molecule has 2 aromatic rings. The fraction of sp³-hybridized carbons (Fsp3) is 0.364. The van der Waals surface area contributed by atoms with E-state index in [4.69, 9.17) is 11.6 Å². The largest absolute Gasteiger partial charge is 0.348 e. The van der Waals surface area contributed by atoms with Crippen molar-refractivity contribution in [2.75, 3.05) is 25.5 Å². The monoisotopic (exact) mass is 401 g/mol. The second kappa shape index (κ2) is 10.8. The lowest BCUT2D eigenvalue weighted by Gasteiger charge is -2.23. The molecule has 5 nitrogen and oxygen atoms in total.